The fraction of sp³-hybridized carbons (Fsp3) is 0.409. The molecule has 0 atom stereocenters. The highest BCUT2D eigenvalue weighted by Crippen LogP contribution is 2.51. The van der Waals surface area contributed by atoms with Crippen LogP contribution in [0.4, 0.5) is 0 Å². The number of carbonyl (C=O) groups excluding carboxylic acids is 1. The van der Waals surface area contributed by atoms with Crippen LogP contribution in [0.15, 0.2) is 48.5 Å². The average Bonchev–Trinajstić information content (AvgIpc) is 2.96. The van der Waals surface area contributed by atoms with E-state index in [-0.39, 0.29) is 5.97 Å². The predicted octanol–water partition coefficient (Wildman–Crippen LogP) is 4.25. The van der Waals surface area contributed by atoms with Crippen LogP contribution in [0.5, 0.6) is 0 Å². The highest BCUT2D eigenvalue weighted by molar-refractivity contribution is 5.97. The smallest absolute Gasteiger partial charge is 0.321 e. The number of benzene rings is 2. The molecule has 0 heterocycles. The molecule has 0 radical (unpaired) electrons. The van der Waals surface area contributed by atoms with Crippen molar-refractivity contribution < 1.29 is 9.53 Å². The van der Waals surface area contributed by atoms with E-state index in [9.17, 15) is 4.79 Å². The van der Waals surface area contributed by atoms with Crippen molar-refractivity contribution in [2.75, 3.05) is 26.2 Å². The molecule has 0 fully saturated rings. The van der Waals surface area contributed by atoms with Gasteiger partial charge in [0.1, 0.15) is 12.0 Å². The van der Waals surface area contributed by atoms with Crippen LogP contribution in [0.2, 0.25) is 0 Å². The van der Waals surface area contributed by atoms with Crippen LogP contribution in [0.1, 0.15) is 38.3 Å². The number of hydrogen-bond donors (Lipinski definition) is 0. The number of likely N-dealkylation sites (N-methyl/N-ethyl adjacent to an activating group) is 1. The molecule has 1 aliphatic carbocycles. The molecule has 0 amide bonds. The van der Waals surface area contributed by atoms with Crippen LogP contribution in [-0.2, 0) is 14.9 Å². The number of nitrogens with zero attached hydrogens (tertiary/aromatic N) is 1. The van der Waals surface area contributed by atoms with E-state index >= 15 is 0 Å². The largest absolute Gasteiger partial charge is 0.463 e. The summed E-state index contributed by atoms with van der Waals surface area (Å²) in [4.78, 5) is 15.5. The number of esters is 1. The van der Waals surface area contributed by atoms with Crippen molar-refractivity contribution >= 4 is 5.97 Å². The van der Waals surface area contributed by atoms with E-state index in [1.54, 1.807) is 0 Å². The molecule has 0 aliphatic heterocycles. The van der Waals surface area contributed by atoms with Gasteiger partial charge in [0.25, 0.3) is 0 Å². The summed E-state index contributed by atoms with van der Waals surface area (Å²) >= 11 is 0. The number of carbonyl (C=O) groups is 1. The Hall–Kier alpha value is -2.13. The maximum Gasteiger partial charge on any atom is 0.321 e. The molecule has 2 aromatic rings. The molecule has 3 nitrogen and oxygen atoms in total. The molecule has 1 aliphatic rings. The normalized spacial score (nSPS) is 14.2. The molecule has 3 heteroatoms. The number of rotatable bonds is 7. The Morgan fingerprint density at radius 3 is 1.92 bits per heavy atom. The number of fused-ring (bicyclic) bond motifs is 3. The Labute approximate surface area is 150 Å². The third kappa shape index (κ3) is 2.87. The van der Waals surface area contributed by atoms with Gasteiger partial charge in [0, 0.05) is 6.54 Å². The molecular formula is C22H27NO2. The average molecular weight is 337 g/mol. The Morgan fingerprint density at radius 1 is 0.920 bits per heavy atom. The molecule has 0 spiro atoms. The van der Waals surface area contributed by atoms with E-state index in [1.165, 1.54) is 0 Å². The zero-order valence-corrected chi connectivity index (χ0v) is 15.4. The first-order valence-corrected chi connectivity index (χ1v) is 9.28. The van der Waals surface area contributed by atoms with Crippen molar-refractivity contribution in [2.45, 2.75) is 32.6 Å². The lowest BCUT2D eigenvalue weighted by Gasteiger charge is -2.29. The second-order valence-corrected chi connectivity index (χ2v) is 6.51. The van der Waals surface area contributed by atoms with Crippen molar-refractivity contribution in [2.24, 2.45) is 0 Å². The van der Waals surface area contributed by atoms with Crippen LogP contribution in [-0.4, -0.2) is 37.1 Å². The van der Waals surface area contributed by atoms with E-state index < -0.39 is 5.41 Å². The standard InChI is InChI=1S/C22H27NO2/c1-4-22(21(24)25-16-15-23(5-2)6-3)19-13-9-7-11-17(19)18-12-8-10-14-20(18)22/h7-14H,4-6,15-16H2,1-3H3. The lowest BCUT2D eigenvalue weighted by atomic mass is 9.76. The Bertz CT molecular complexity index is 704. The summed E-state index contributed by atoms with van der Waals surface area (Å²) in [7, 11) is 0. The molecule has 3 rings (SSSR count). The summed E-state index contributed by atoms with van der Waals surface area (Å²) in [6.07, 6.45) is 0.700. The molecule has 132 valence electrons. The topological polar surface area (TPSA) is 29.5 Å². The number of ether oxygens (including phenoxy) is 1. The van der Waals surface area contributed by atoms with Gasteiger partial charge in [-0.25, -0.2) is 0 Å². The fourth-order valence-corrected chi connectivity index (χ4v) is 4.00. The van der Waals surface area contributed by atoms with Crippen molar-refractivity contribution in [3.63, 3.8) is 0 Å². The molecule has 0 unspecified atom stereocenters. The van der Waals surface area contributed by atoms with Gasteiger partial charge in [-0.3, -0.25) is 4.79 Å². The van der Waals surface area contributed by atoms with Gasteiger partial charge in [0.2, 0.25) is 0 Å². The summed E-state index contributed by atoms with van der Waals surface area (Å²) in [5.74, 6) is -0.125. The first-order chi connectivity index (χ1) is 12.2. The van der Waals surface area contributed by atoms with Crippen LogP contribution < -0.4 is 0 Å². The second kappa shape index (κ2) is 7.40. The van der Waals surface area contributed by atoms with Gasteiger partial charge < -0.3 is 9.64 Å². The van der Waals surface area contributed by atoms with Gasteiger partial charge in [0.15, 0.2) is 0 Å². The van der Waals surface area contributed by atoms with Crippen molar-refractivity contribution in [1.29, 1.82) is 0 Å². The summed E-state index contributed by atoms with van der Waals surface area (Å²) in [5.41, 5.74) is 3.77. The molecule has 0 saturated heterocycles. The summed E-state index contributed by atoms with van der Waals surface area (Å²) in [6.45, 7) is 9.49. The van der Waals surface area contributed by atoms with Gasteiger partial charge in [-0.15, -0.1) is 0 Å². The minimum absolute atomic E-state index is 0.125. The van der Waals surface area contributed by atoms with Gasteiger partial charge >= 0.3 is 5.97 Å². The maximum absolute atomic E-state index is 13.2. The third-order valence-electron chi connectivity index (χ3n) is 5.48. The molecule has 25 heavy (non-hydrogen) atoms. The zero-order valence-electron chi connectivity index (χ0n) is 15.4. The zero-order chi connectivity index (χ0) is 17.9. The van der Waals surface area contributed by atoms with Crippen LogP contribution in [0, 0.1) is 0 Å². The summed E-state index contributed by atoms with van der Waals surface area (Å²) < 4.78 is 5.79. The fourth-order valence-electron chi connectivity index (χ4n) is 4.00. The lowest BCUT2D eigenvalue weighted by molar-refractivity contribution is -0.149. The highest BCUT2D eigenvalue weighted by Gasteiger charge is 2.48. The van der Waals surface area contributed by atoms with Crippen LogP contribution in [0.3, 0.4) is 0 Å². The quantitative estimate of drug-likeness (QED) is 0.708. The Kier molecular flexibility index (Phi) is 5.24. The first kappa shape index (κ1) is 17.7. The highest BCUT2D eigenvalue weighted by atomic mass is 16.5. The second-order valence-electron chi connectivity index (χ2n) is 6.51. The minimum Gasteiger partial charge on any atom is -0.463 e. The SMILES string of the molecule is CCN(CC)CCOC(=O)C1(CC)c2ccccc2-c2ccccc21. The van der Waals surface area contributed by atoms with Gasteiger partial charge in [-0.2, -0.15) is 0 Å². The maximum atomic E-state index is 13.2. The molecular weight excluding hydrogens is 310 g/mol. The summed E-state index contributed by atoms with van der Waals surface area (Å²) in [5, 5.41) is 0. The van der Waals surface area contributed by atoms with Crippen LogP contribution in [0.25, 0.3) is 11.1 Å². The monoisotopic (exact) mass is 337 g/mol. The van der Waals surface area contributed by atoms with Crippen molar-refractivity contribution in [3.05, 3.63) is 59.7 Å². The van der Waals surface area contributed by atoms with E-state index in [4.69, 9.17) is 4.74 Å². The van der Waals surface area contributed by atoms with Gasteiger partial charge in [-0.1, -0.05) is 69.3 Å². The Morgan fingerprint density at radius 2 is 1.44 bits per heavy atom. The van der Waals surface area contributed by atoms with Gasteiger partial charge in [0.05, 0.1) is 0 Å². The predicted molar refractivity (Wildman–Crippen MR) is 102 cm³/mol. The van der Waals surface area contributed by atoms with E-state index in [0.717, 1.165) is 41.9 Å². The Balaban J connectivity index is 1.93. The van der Waals surface area contributed by atoms with Gasteiger partial charge in [-0.05, 0) is 41.8 Å². The molecule has 0 aromatic heterocycles. The molecule has 0 saturated carbocycles. The van der Waals surface area contributed by atoms with Crippen molar-refractivity contribution in [3.8, 4) is 11.1 Å². The van der Waals surface area contributed by atoms with E-state index in [2.05, 4.69) is 49.9 Å². The van der Waals surface area contributed by atoms with E-state index in [0.29, 0.717) is 13.0 Å². The van der Waals surface area contributed by atoms with E-state index in [1.807, 2.05) is 24.3 Å². The molecule has 0 N–H and O–H groups in total. The third-order valence-corrected chi connectivity index (χ3v) is 5.48. The number of hydrogen-bond acceptors (Lipinski definition) is 3. The summed E-state index contributed by atoms with van der Waals surface area (Å²) in [6, 6.07) is 16.5. The van der Waals surface area contributed by atoms with Crippen molar-refractivity contribution in [1.82, 2.24) is 4.90 Å². The first-order valence-electron chi connectivity index (χ1n) is 9.28. The lowest BCUT2D eigenvalue weighted by Crippen LogP contribution is -2.38. The molecule has 2 aromatic carbocycles. The molecule has 0 bridgehead atoms. The van der Waals surface area contributed by atoms with Crippen LogP contribution >= 0.6 is 0 Å². The minimum atomic E-state index is -0.684.